The quantitative estimate of drug-likeness (QED) is 0.815. The fourth-order valence-electron chi connectivity index (χ4n) is 2.45. The Hall–Kier alpha value is -0.980. The van der Waals surface area contributed by atoms with E-state index in [-0.39, 0.29) is 16.9 Å². The van der Waals surface area contributed by atoms with Crippen molar-refractivity contribution in [3.05, 3.63) is 22.4 Å². The van der Waals surface area contributed by atoms with Gasteiger partial charge in [0.15, 0.2) is 0 Å². The third kappa shape index (κ3) is 3.37. The summed E-state index contributed by atoms with van der Waals surface area (Å²) in [5.41, 5.74) is 5.09. The zero-order valence-corrected chi connectivity index (χ0v) is 13.2. The Labute approximate surface area is 128 Å². The molecule has 1 unspecified atom stereocenters. The molecule has 20 heavy (non-hydrogen) atoms. The molecule has 110 valence electrons. The lowest BCUT2D eigenvalue weighted by Crippen LogP contribution is -2.53. The van der Waals surface area contributed by atoms with E-state index in [9.17, 15) is 4.79 Å². The van der Waals surface area contributed by atoms with E-state index in [1.807, 2.05) is 18.4 Å². The van der Waals surface area contributed by atoms with Crippen LogP contribution in [0.15, 0.2) is 17.5 Å². The minimum atomic E-state index is -0.739. The molecule has 2 rings (SSSR count). The number of thiocarbonyl (C=S) groups is 1. The Kier molecular flexibility index (Phi) is 5.12. The Morgan fingerprint density at radius 1 is 1.60 bits per heavy atom. The lowest BCUT2D eigenvalue weighted by Gasteiger charge is -2.35. The lowest BCUT2D eigenvalue weighted by molar-refractivity contribution is -0.132. The number of rotatable bonds is 5. The summed E-state index contributed by atoms with van der Waals surface area (Å²) in [6.45, 7) is 3.07. The molecular weight excluding hydrogens is 292 g/mol. The Bertz CT molecular complexity index is 468. The zero-order chi connectivity index (χ0) is 14.6. The first-order chi connectivity index (χ1) is 9.54. The molecule has 1 aromatic heterocycles. The van der Waals surface area contributed by atoms with Gasteiger partial charge >= 0.3 is 0 Å². The second-order valence-electron chi connectivity index (χ2n) is 5.22. The van der Waals surface area contributed by atoms with Gasteiger partial charge in [0.25, 0.3) is 0 Å². The summed E-state index contributed by atoms with van der Waals surface area (Å²) in [4.78, 5) is 14.1. The van der Waals surface area contributed by atoms with Gasteiger partial charge in [-0.3, -0.25) is 4.79 Å². The van der Waals surface area contributed by atoms with Crippen LogP contribution in [-0.2, 0) is 16.0 Å². The summed E-state index contributed by atoms with van der Waals surface area (Å²) in [5.74, 6) is -0.0580. The smallest absolute Gasteiger partial charge is 0.233 e. The van der Waals surface area contributed by atoms with Crippen molar-refractivity contribution in [1.82, 2.24) is 5.32 Å². The van der Waals surface area contributed by atoms with Crippen molar-refractivity contribution >= 4 is 34.5 Å². The molecule has 0 saturated carbocycles. The SMILES string of the molecule is CC(Cc1cccs1)NC(=O)C1(C(N)=S)CCOCC1. The van der Waals surface area contributed by atoms with Gasteiger partial charge in [0, 0.05) is 30.6 Å². The van der Waals surface area contributed by atoms with Crippen LogP contribution in [0, 0.1) is 5.41 Å². The van der Waals surface area contributed by atoms with Crippen molar-refractivity contribution in [2.75, 3.05) is 13.2 Å². The summed E-state index contributed by atoms with van der Waals surface area (Å²) in [6, 6.07) is 4.16. The molecule has 1 aliphatic heterocycles. The monoisotopic (exact) mass is 312 g/mol. The second kappa shape index (κ2) is 6.65. The van der Waals surface area contributed by atoms with E-state index in [0.29, 0.717) is 26.1 Å². The molecule has 0 aromatic carbocycles. The number of amides is 1. The topological polar surface area (TPSA) is 64.4 Å². The number of hydrogen-bond acceptors (Lipinski definition) is 4. The standard InChI is InChI=1S/C14H20N2O2S2/c1-10(9-11-3-2-8-20-11)16-13(17)14(12(15)19)4-6-18-7-5-14/h2-3,8,10H,4-7,9H2,1H3,(H2,15,19)(H,16,17). The van der Waals surface area contributed by atoms with E-state index < -0.39 is 5.41 Å². The number of carbonyl (C=O) groups is 1. The minimum absolute atomic E-state index is 0.0580. The highest BCUT2D eigenvalue weighted by atomic mass is 32.1. The first kappa shape index (κ1) is 15.4. The molecule has 1 saturated heterocycles. The first-order valence-electron chi connectivity index (χ1n) is 6.75. The molecule has 6 heteroatoms. The Morgan fingerprint density at radius 2 is 2.30 bits per heavy atom. The lowest BCUT2D eigenvalue weighted by atomic mass is 9.79. The van der Waals surface area contributed by atoms with Crippen LogP contribution in [0.1, 0.15) is 24.6 Å². The number of ether oxygens (including phenoxy) is 1. The number of nitrogens with two attached hydrogens (primary N) is 1. The van der Waals surface area contributed by atoms with Gasteiger partial charge in [0.05, 0.1) is 4.99 Å². The highest BCUT2D eigenvalue weighted by Crippen LogP contribution is 2.31. The van der Waals surface area contributed by atoms with Crippen molar-refractivity contribution in [2.24, 2.45) is 11.1 Å². The number of nitrogens with one attached hydrogen (secondary N) is 1. The Morgan fingerprint density at radius 3 is 2.85 bits per heavy atom. The molecule has 0 spiro atoms. The molecular formula is C14H20N2O2S2. The van der Waals surface area contributed by atoms with Gasteiger partial charge < -0.3 is 15.8 Å². The molecule has 2 heterocycles. The van der Waals surface area contributed by atoms with Gasteiger partial charge in [-0.25, -0.2) is 0 Å². The largest absolute Gasteiger partial charge is 0.392 e. The number of hydrogen-bond donors (Lipinski definition) is 2. The van der Waals surface area contributed by atoms with Crippen molar-refractivity contribution in [2.45, 2.75) is 32.2 Å². The van der Waals surface area contributed by atoms with Crippen LogP contribution >= 0.6 is 23.6 Å². The fraction of sp³-hybridized carbons (Fsp3) is 0.571. The van der Waals surface area contributed by atoms with Gasteiger partial charge in [-0.2, -0.15) is 0 Å². The molecule has 1 atom stereocenters. The van der Waals surface area contributed by atoms with Gasteiger partial charge in [-0.1, -0.05) is 18.3 Å². The van der Waals surface area contributed by atoms with Crippen LogP contribution in [0.3, 0.4) is 0 Å². The third-order valence-electron chi connectivity index (χ3n) is 3.72. The molecule has 1 aromatic rings. The molecule has 3 N–H and O–H groups in total. The fourth-order valence-corrected chi connectivity index (χ4v) is 3.58. The summed E-state index contributed by atoms with van der Waals surface area (Å²) < 4.78 is 5.32. The molecule has 0 aliphatic carbocycles. The summed E-state index contributed by atoms with van der Waals surface area (Å²) >= 11 is 6.83. The summed E-state index contributed by atoms with van der Waals surface area (Å²) in [5, 5.41) is 5.10. The van der Waals surface area contributed by atoms with Crippen LogP contribution in [-0.4, -0.2) is 30.2 Å². The average molecular weight is 312 g/mol. The van der Waals surface area contributed by atoms with Crippen LogP contribution < -0.4 is 11.1 Å². The van der Waals surface area contributed by atoms with Crippen molar-refractivity contribution in [1.29, 1.82) is 0 Å². The van der Waals surface area contributed by atoms with Crippen LogP contribution in [0.4, 0.5) is 0 Å². The molecule has 1 fully saturated rings. The van der Waals surface area contributed by atoms with Gasteiger partial charge in [0.2, 0.25) is 5.91 Å². The molecule has 4 nitrogen and oxygen atoms in total. The molecule has 1 aliphatic rings. The van der Waals surface area contributed by atoms with E-state index in [0.717, 1.165) is 6.42 Å². The maximum atomic E-state index is 12.6. The predicted octanol–water partition coefficient (Wildman–Crippen LogP) is 1.88. The van der Waals surface area contributed by atoms with Gasteiger partial charge in [-0.15, -0.1) is 11.3 Å². The second-order valence-corrected chi connectivity index (χ2v) is 6.69. The van der Waals surface area contributed by atoms with Crippen LogP contribution in [0.2, 0.25) is 0 Å². The van der Waals surface area contributed by atoms with Crippen molar-refractivity contribution < 1.29 is 9.53 Å². The number of carbonyl (C=O) groups excluding carboxylic acids is 1. The van der Waals surface area contributed by atoms with Crippen molar-refractivity contribution in [3.63, 3.8) is 0 Å². The van der Waals surface area contributed by atoms with E-state index in [2.05, 4.69) is 11.4 Å². The normalized spacial score (nSPS) is 19.2. The predicted molar refractivity (Wildman–Crippen MR) is 84.9 cm³/mol. The average Bonchev–Trinajstić information content (AvgIpc) is 2.91. The van der Waals surface area contributed by atoms with E-state index in [4.69, 9.17) is 22.7 Å². The van der Waals surface area contributed by atoms with Crippen LogP contribution in [0.5, 0.6) is 0 Å². The molecule has 0 radical (unpaired) electrons. The van der Waals surface area contributed by atoms with Gasteiger partial charge in [-0.05, 0) is 31.2 Å². The van der Waals surface area contributed by atoms with Gasteiger partial charge in [0.1, 0.15) is 5.41 Å². The van der Waals surface area contributed by atoms with Crippen LogP contribution in [0.25, 0.3) is 0 Å². The highest BCUT2D eigenvalue weighted by molar-refractivity contribution is 7.80. The summed E-state index contributed by atoms with van der Waals surface area (Å²) in [7, 11) is 0. The number of thiophene rings is 1. The third-order valence-corrected chi connectivity index (χ3v) is 5.01. The van der Waals surface area contributed by atoms with Crippen molar-refractivity contribution in [3.8, 4) is 0 Å². The summed E-state index contributed by atoms with van der Waals surface area (Å²) in [6.07, 6.45) is 1.97. The first-order valence-corrected chi connectivity index (χ1v) is 8.04. The molecule has 1 amide bonds. The molecule has 0 bridgehead atoms. The minimum Gasteiger partial charge on any atom is -0.392 e. The van der Waals surface area contributed by atoms with E-state index in [1.54, 1.807) is 11.3 Å². The zero-order valence-electron chi connectivity index (χ0n) is 11.6. The van der Waals surface area contributed by atoms with E-state index >= 15 is 0 Å². The van der Waals surface area contributed by atoms with E-state index in [1.165, 1.54) is 4.88 Å². The Balaban J connectivity index is 1.99. The maximum Gasteiger partial charge on any atom is 0.233 e. The highest BCUT2D eigenvalue weighted by Gasteiger charge is 2.43. The maximum absolute atomic E-state index is 12.6.